The van der Waals surface area contributed by atoms with Crippen molar-refractivity contribution in [1.29, 1.82) is 5.26 Å². The van der Waals surface area contributed by atoms with Gasteiger partial charge in [0.1, 0.15) is 11.5 Å². The first-order chi connectivity index (χ1) is 13.1. The van der Waals surface area contributed by atoms with Crippen LogP contribution in [0.1, 0.15) is 21.5 Å². The number of hydrogen-bond donors (Lipinski definition) is 0. The summed E-state index contributed by atoms with van der Waals surface area (Å²) in [5, 5.41) is 9.34. The predicted octanol–water partition coefficient (Wildman–Crippen LogP) is 4.20. The summed E-state index contributed by atoms with van der Waals surface area (Å²) in [5.74, 6) is 1.20. The number of benzene rings is 2. The molecule has 3 aromatic rings. The molecule has 1 heterocycles. The number of pyridine rings is 1. The van der Waals surface area contributed by atoms with E-state index in [1.807, 2.05) is 19.1 Å². The van der Waals surface area contributed by atoms with E-state index in [2.05, 4.69) is 11.1 Å². The van der Waals surface area contributed by atoms with E-state index in [0.29, 0.717) is 22.4 Å². The minimum absolute atomic E-state index is 0.0931. The smallest absolute Gasteiger partial charge is 0.200 e. The Morgan fingerprint density at radius 3 is 2.70 bits per heavy atom. The highest BCUT2D eigenvalue weighted by Crippen LogP contribution is 2.25. The molecule has 0 saturated carbocycles. The van der Waals surface area contributed by atoms with E-state index in [1.165, 1.54) is 0 Å². The number of ether oxygens (including phenoxy) is 2. The van der Waals surface area contributed by atoms with Crippen molar-refractivity contribution in [1.82, 2.24) is 4.98 Å². The molecule has 134 valence electrons. The van der Waals surface area contributed by atoms with Crippen molar-refractivity contribution in [2.24, 2.45) is 0 Å². The summed E-state index contributed by atoms with van der Waals surface area (Å²) in [4.78, 5) is 16.6. The molecule has 0 N–H and O–H groups in total. The molecule has 0 saturated heterocycles. The van der Waals surface area contributed by atoms with Crippen molar-refractivity contribution in [2.45, 2.75) is 6.92 Å². The number of rotatable bonds is 6. The normalized spacial score (nSPS) is 10.1. The lowest BCUT2D eigenvalue weighted by Gasteiger charge is -2.10. The van der Waals surface area contributed by atoms with E-state index in [1.54, 1.807) is 55.9 Å². The maximum atomic E-state index is 12.6. The van der Waals surface area contributed by atoms with Crippen LogP contribution in [0.25, 0.3) is 11.1 Å². The minimum Gasteiger partial charge on any atom is -0.496 e. The third kappa shape index (κ3) is 4.13. The summed E-state index contributed by atoms with van der Waals surface area (Å²) in [6.07, 6.45) is 3.33. The lowest BCUT2D eigenvalue weighted by molar-refractivity contribution is 0.0921. The van der Waals surface area contributed by atoms with Crippen LogP contribution < -0.4 is 9.47 Å². The predicted molar refractivity (Wildman–Crippen MR) is 102 cm³/mol. The van der Waals surface area contributed by atoms with Gasteiger partial charge in [-0.05, 0) is 55.0 Å². The van der Waals surface area contributed by atoms with Crippen molar-refractivity contribution in [3.05, 3.63) is 77.6 Å². The lowest BCUT2D eigenvalue weighted by Crippen LogP contribution is -2.12. The van der Waals surface area contributed by atoms with Gasteiger partial charge < -0.3 is 9.47 Å². The van der Waals surface area contributed by atoms with Crippen molar-refractivity contribution < 1.29 is 14.3 Å². The van der Waals surface area contributed by atoms with Crippen LogP contribution in [0.5, 0.6) is 11.5 Å². The molecule has 0 amide bonds. The van der Waals surface area contributed by atoms with Gasteiger partial charge in [-0.15, -0.1) is 0 Å². The summed E-state index contributed by atoms with van der Waals surface area (Å²) in [6, 6.07) is 16.2. The van der Waals surface area contributed by atoms with Crippen molar-refractivity contribution in [2.75, 3.05) is 13.7 Å². The second kappa shape index (κ2) is 8.15. The zero-order valence-corrected chi connectivity index (χ0v) is 15.1. The molecule has 0 fully saturated rings. The van der Waals surface area contributed by atoms with Crippen LogP contribution >= 0.6 is 0 Å². The van der Waals surface area contributed by atoms with Crippen LogP contribution in [0.15, 0.2) is 60.9 Å². The maximum Gasteiger partial charge on any atom is 0.200 e. The molecule has 0 atom stereocenters. The molecule has 27 heavy (non-hydrogen) atoms. The standard InChI is InChI=1S/C22H18N2O3/c1-15-10-19(7-8-22(15)26-2)27-14-21(25)16-5-6-17(12-23)20(11-16)18-4-3-9-24-13-18/h3-11,13H,14H2,1-2H3. The third-order valence-corrected chi connectivity index (χ3v) is 4.17. The Balaban J connectivity index is 1.79. The molecule has 0 unspecified atom stereocenters. The number of ketones is 1. The van der Waals surface area contributed by atoms with Crippen molar-refractivity contribution >= 4 is 5.78 Å². The van der Waals surface area contributed by atoms with Crippen molar-refractivity contribution in [3.63, 3.8) is 0 Å². The second-order valence-corrected chi connectivity index (χ2v) is 5.96. The van der Waals surface area contributed by atoms with Gasteiger partial charge >= 0.3 is 0 Å². The van der Waals surface area contributed by atoms with Gasteiger partial charge in [0.2, 0.25) is 0 Å². The van der Waals surface area contributed by atoms with Gasteiger partial charge in [-0.2, -0.15) is 5.26 Å². The van der Waals surface area contributed by atoms with Gasteiger partial charge in [0, 0.05) is 29.1 Å². The van der Waals surface area contributed by atoms with E-state index in [4.69, 9.17) is 9.47 Å². The number of hydrogen-bond acceptors (Lipinski definition) is 5. The van der Waals surface area contributed by atoms with Gasteiger partial charge in [0.25, 0.3) is 0 Å². The van der Waals surface area contributed by atoms with E-state index >= 15 is 0 Å². The molecule has 0 aliphatic heterocycles. The lowest BCUT2D eigenvalue weighted by atomic mass is 9.97. The molecular weight excluding hydrogens is 340 g/mol. The summed E-state index contributed by atoms with van der Waals surface area (Å²) in [6.45, 7) is 1.82. The monoisotopic (exact) mass is 358 g/mol. The number of carbonyl (C=O) groups excluding carboxylic acids is 1. The number of aromatic nitrogens is 1. The van der Waals surface area contributed by atoms with E-state index in [9.17, 15) is 10.1 Å². The highest BCUT2D eigenvalue weighted by Gasteiger charge is 2.12. The fourth-order valence-electron chi connectivity index (χ4n) is 2.75. The van der Waals surface area contributed by atoms with Crippen LogP contribution in [-0.4, -0.2) is 24.5 Å². The van der Waals surface area contributed by atoms with Crippen molar-refractivity contribution in [3.8, 4) is 28.7 Å². The summed E-state index contributed by atoms with van der Waals surface area (Å²) in [5.41, 5.74) is 3.37. The molecular formula is C22H18N2O3. The Morgan fingerprint density at radius 1 is 1.19 bits per heavy atom. The Morgan fingerprint density at radius 2 is 2.04 bits per heavy atom. The highest BCUT2D eigenvalue weighted by atomic mass is 16.5. The summed E-state index contributed by atoms with van der Waals surface area (Å²) < 4.78 is 10.8. The Hall–Kier alpha value is -3.65. The zero-order chi connectivity index (χ0) is 19.2. The molecule has 5 heteroatoms. The average Bonchev–Trinajstić information content (AvgIpc) is 2.72. The van der Waals surface area contributed by atoms with E-state index in [0.717, 1.165) is 16.9 Å². The van der Waals surface area contributed by atoms with Gasteiger partial charge in [-0.1, -0.05) is 6.07 Å². The largest absolute Gasteiger partial charge is 0.496 e. The quantitative estimate of drug-likeness (QED) is 0.618. The van der Waals surface area contributed by atoms with Gasteiger partial charge in [-0.25, -0.2) is 0 Å². The highest BCUT2D eigenvalue weighted by molar-refractivity contribution is 5.98. The zero-order valence-electron chi connectivity index (χ0n) is 15.1. The Labute approximate surface area is 157 Å². The van der Waals surface area contributed by atoms with E-state index < -0.39 is 0 Å². The fraction of sp³-hybridized carbons (Fsp3) is 0.136. The van der Waals surface area contributed by atoms with Crippen LogP contribution in [0, 0.1) is 18.3 Å². The van der Waals surface area contributed by atoms with Crippen LogP contribution in [-0.2, 0) is 0 Å². The molecule has 0 aliphatic carbocycles. The number of aryl methyl sites for hydroxylation is 1. The van der Waals surface area contributed by atoms with Gasteiger partial charge in [0.15, 0.2) is 12.4 Å². The third-order valence-electron chi connectivity index (χ3n) is 4.17. The first-order valence-electron chi connectivity index (χ1n) is 8.37. The number of nitriles is 1. The molecule has 1 aromatic heterocycles. The maximum absolute atomic E-state index is 12.6. The molecule has 0 spiro atoms. The van der Waals surface area contributed by atoms with Gasteiger partial charge in [-0.3, -0.25) is 9.78 Å². The minimum atomic E-state index is -0.168. The SMILES string of the molecule is COc1ccc(OCC(=O)c2ccc(C#N)c(-c3cccnc3)c2)cc1C. The van der Waals surface area contributed by atoms with Gasteiger partial charge in [0.05, 0.1) is 18.7 Å². The van der Waals surface area contributed by atoms with Crippen LogP contribution in [0.4, 0.5) is 0 Å². The van der Waals surface area contributed by atoms with E-state index in [-0.39, 0.29) is 12.4 Å². The fourth-order valence-corrected chi connectivity index (χ4v) is 2.75. The Bertz CT molecular complexity index is 1010. The molecule has 3 rings (SSSR count). The first-order valence-corrected chi connectivity index (χ1v) is 8.37. The number of carbonyl (C=O) groups is 1. The molecule has 0 bridgehead atoms. The number of methoxy groups -OCH3 is 1. The topological polar surface area (TPSA) is 72.2 Å². The van der Waals surface area contributed by atoms with Crippen LogP contribution in [0.2, 0.25) is 0 Å². The number of nitrogens with zero attached hydrogens (tertiary/aromatic N) is 2. The summed E-state index contributed by atoms with van der Waals surface area (Å²) >= 11 is 0. The van der Waals surface area contributed by atoms with Crippen LogP contribution in [0.3, 0.4) is 0 Å². The molecule has 0 aliphatic rings. The molecule has 0 radical (unpaired) electrons. The Kier molecular flexibility index (Phi) is 5.48. The summed E-state index contributed by atoms with van der Waals surface area (Å²) in [7, 11) is 1.61. The number of Topliss-reactive ketones (excluding diaryl/α,β-unsaturated/α-hetero) is 1. The second-order valence-electron chi connectivity index (χ2n) is 5.96. The first kappa shape index (κ1) is 18.2. The molecule has 5 nitrogen and oxygen atoms in total. The molecule has 2 aromatic carbocycles. The average molecular weight is 358 g/mol.